The van der Waals surface area contributed by atoms with Gasteiger partial charge in [-0.05, 0) is 12.5 Å². The van der Waals surface area contributed by atoms with Gasteiger partial charge in [0.2, 0.25) is 5.91 Å². The van der Waals surface area contributed by atoms with Gasteiger partial charge in [-0.15, -0.1) is 0 Å². The summed E-state index contributed by atoms with van der Waals surface area (Å²) in [5.41, 5.74) is 1.21. The van der Waals surface area contributed by atoms with Gasteiger partial charge in [0.05, 0.1) is 0 Å². The first-order chi connectivity index (χ1) is 7.20. The lowest BCUT2D eigenvalue weighted by Crippen LogP contribution is -2.30. The van der Waals surface area contributed by atoms with Crippen LogP contribution in [0.1, 0.15) is 13.8 Å². The maximum atomic E-state index is 10.6. The molecule has 0 radical (unpaired) electrons. The van der Waals surface area contributed by atoms with Gasteiger partial charge in [-0.25, -0.2) is 0 Å². The second kappa shape index (κ2) is 9.21. The minimum absolute atomic E-state index is 0.00890. The van der Waals surface area contributed by atoms with Crippen molar-refractivity contribution < 1.29 is 4.79 Å². The Morgan fingerprint density at radius 2 is 2.13 bits per heavy atom. The van der Waals surface area contributed by atoms with Crippen LogP contribution in [0.2, 0.25) is 0 Å². The maximum absolute atomic E-state index is 10.6. The zero-order valence-corrected chi connectivity index (χ0v) is 9.55. The van der Waals surface area contributed by atoms with Crippen molar-refractivity contribution in [1.82, 2.24) is 10.6 Å². The van der Waals surface area contributed by atoms with Crippen molar-refractivity contribution >= 4 is 5.91 Å². The first-order valence-electron chi connectivity index (χ1n) is 5.10. The summed E-state index contributed by atoms with van der Waals surface area (Å²) in [6, 6.07) is 0. The number of carbonyl (C=O) groups is 1. The molecule has 0 aromatic rings. The molecule has 0 rings (SSSR count). The number of carbonyl (C=O) groups excluding carboxylic acids is 1. The van der Waals surface area contributed by atoms with Crippen LogP contribution in [0, 0.1) is 0 Å². The van der Waals surface area contributed by atoms with Crippen molar-refractivity contribution in [2.24, 2.45) is 0 Å². The van der Waals surface area contributed by atoms with Gasteiger partial charge in [0.25, 0.3) is 0 Å². The van der Waals surface area contributed by atoms with Crippen molar-refractivity contribution in [3.05, 3.63) is 36.5 Å². The van der Waals surface area contributed by atoms with Gasteiger partial charge in [-0.1, -0.05) is 30.9 Å². The number of hydrogen-bond donors (Lipinski definition) is 2. The first-order valence-corrected chi connectivity index (χ1v) is 5.10. The second-order valence-electron chi connectivity index (χ2n) is 3.12. The molecule has 0 heterocycles. The fraction of sp³-hybridized carbons (Fsp3) is 0.417. The molecule has 0 aliphatic rings. The van der Waals surface area contributed by atoms with Crippen LogP contribution in [-0.4, -0.2) is 25.5 Å². The molecule has 3 nitrogen and oxygen atoms in total. The molecule has 0 aliphatic carbocycles. The van der Waals surface area contributed by atoms with Crippen LogP contribution in [0.25, 0.3) is 0 Å². The van der Waals surface area contributed by atoms with Gasteiger partial charge < -0.3 is 10.6 Å². The van der Waals surface area contributed by atoms with Gasteiger partial charge in [0, 0.05) is 26.6 Å². The van der Waals surface area contributed by atoms with Crippen LogP contribution in [0.3, 0.4) is 0 Å². The van der Waals surface area contributed by atoms with Gasteiger partial charge in [0.1, 0.15) is 0 Å². The summed E-state index contributed by atoms with van der Waals surface area (Å²) < 4.78 is 0. The van der Waals surface area contributed by atoms with Crippen LogP contribution >= 0.6 is 0 Å². The lowest BCUT2D eigenvalue weighted by atomic mass is 10.2. The molecule has 2 N–H and O–H groups in total. The summed E-state index contributed by atoms with van der Waals surface area (Å²) in [6.07, 6.45) is 7.72. The quantitative estimate of drug-likeness (QED) is 0.490. The van der Waals surface area contributed by atoms with Crippen LogP contribution in [0.4, 0.5) is 0 Å². The lowest BCUT2D eigenvalue weighted by molar-refractivity contribution is -0.118. The number of nitrogens with one attached hydrogen (secondary N) is 2. The Bertz CT molecular complexity index is 254. The highest BCUT2D eigenvalue weighted by molar-refractivity contribution is 5.72. The molecular weight excluding hydrogens is 188 g/mol. The molecule has 0 fully saturated rings. The minimum Gasteiger partial charge on any atom is -0.355 e. The number of amides is 1. The molecule has 0 bridgehead atoms. The fourth-order valence-corrected chi connectivity index (χ4v) is 1.01. The molecule has 0 saturated heterocycles. The third-order valence-electron chi connectivity index (χ3n) is 1.82. The van der Waals surface area contributed by atoms with Crippen molar-refractivity contribution in [3.63, 3.8) is 0 Å². The predicted molar refractivity (Wildman–Crippen MR) is 64.6 cm³/mol. The van der Waals surface area contributed by atoms with Crippen LogP contribution in [0.5, 0.6) is 0 Å². The van der Waals surface area contributed by atoms with E-state index in [1.54, 1.807) is 6.08 Å². The molecule has 0 aliphatic heterocycles. The monoisotopic (exact) mass is 208 g/mol. The maximum Gasteiger partial charge on any atom is 0.216 e. The minimum atomic E-state index is 0.00890. The number of rotatable bonds is 7. The summed E-state index contributed by atoms with van der Waals surface area (Å²) in [7, 11) is 0. The Hall–Kier alpha value is -1.35. The Morgan fingerprint density at radius 3 is 2.67 bits per heavy atom. The number of hydrogen-bond acceptors (Lipinski definition) is 2. The summed E-state index contributed by atoms with van der Waals surface area (Å²) in [5.74, 6) is 0.00890. The van der Waals surface area contributed by atoms with Gasteiger partial charge in [-0.2, -0.15) is 0 Å². The Kier molecular flexibility index (Phi) is 8.39. The highest BCUT2D eigenvalue weighted by Crippen LogP contribution is 1.94. The Morgan fingerprint density at radius 1 is 1.40 bits per heavy atom. The molecule has 3 heteroatoms. The van der Waals surface area contributed by atoms with E-state index in [2.05, 4.69) is 17.2 Å². The lowest BCUT2D eigenvalue weighted by Gasteiger charge is -2.05. The standard InChI is InChI=1S/C12H20N2O/c1-4-6-7-12(5-2)10-13-8-9-14-11(3)15/h4-7,13H,1,8-10H2,2-3H3,(H,14,15)/b7-6-,12-5+. The van der Waals surface area contributed by atoms with E-state index in [-0.39, 0.29) is 5.91 Å². The highest BCUT2D eigenvalue weighted by atomic mass is 16.1. The second-order valence-corrected chi connectivity index (χ2v) is 3.12. The Labute approximate surface area is 91.9 Å². The average Bonchev–Trinajstić information content (AvgIpc) is 2.21. The van der Waals surface area contributed by atoms with E-state index in [4.69, 9.17) is 0 Å². The molecule has 0 aromatic carbocycles. The topological polar surface area (TPSA) is 41.1 Å². The van der Waals surface area contributed by atoms with Crippen molar-refractivity contribution in [1.29, 1.82) is 0 Å². The fourth-order valence-electron chi connectivity index (χ4n) is 1.01. The Balaban J connectivity index is 3.60. The molecule has 1 amide bonds. The van der Waals surface area contributed by atoms with Gasteiger partial charge in [-0.3, -0.25) is 4.79 Å². The van der Waals surface area contributed by atoms with Crippen molar-refractivity contribution in [3.8, 4) is 0 Å². The third-order valence-corrected chi connectivity index (χ3v) is 1.82. The SMILES string of the molecule is C=C/C=C\C(=C/C)CNCCNC(C)=O. The summed E-state index contributed by atoms with van der Waals surface area (Å²) in [6.45, 7) is 9.38. The molecule has 0 unspecified atom stereocenters. The van der Waals surface area contributed by atoms with Gasteiger partial charge in [0.15, 0.2) is 0 Å². The average molecular weight is 208 g/mol. The normalized spacial score (nSPS) is 11.7. The zero-order valence-electron chi connectivity index (χ0n) is 9.55. The molecule has 0 saturated carbocycles. The molecule has 0 atom stereocenters. The van der Waals surface area contributed by atoms with E-state index >= 15 is 0 Å². The molecule has 0 aromatic heterocycles. The zero-order chi connectivity index (χ0) is 11.5. The molecular formula is C12H20N2O. The summed E-state index contributed by atoms with van der Waals surface area (Å²) >= 11 is 0. The molecule has 15 heavy (non-hydrogen) atoms. The van der Waals surface area contributed by atoms with Crippen LogP contribution < -0.4 is 10.6 Å². The van der Waals surface area contributed by atoms with E-state index in [9.17, 15) is 4.79 Å². The smallest absolute Gasteiger partial charge is 0.216 e. The van der Waals surface area contributed by atoms with E-state index in [1.165, 1.54) is 12.5 Å². The first kappa shape index (κ1) is 13.7. The largest absolute Gasteiger partial charge is 0.355 e. The molecule has 84 valence electrons. The summed E-state index contributed by atoms with van der Waals surface area (Å²) in [4.78, 5) is 10.6. The van der Waals surface area contributed by atoms with Gasteiger partial charge >= 0.3 is 0 Å². The van der Waals surface area contributed by atoms with Crippen LogP contribution in [0.15, 0.2) is 36.5 Å². The highest BCUT2D eigenvalue weighted by Gasteiger charge is 1.92. The summed E-state index contributed by atoms with van der Waals surface area (Å²) in [5, 5.41) is 5.96. The van der Waals surface area contributed by atoms with Crippen LogP contribution in [-0.2, 0) is 4.79 Å². The van der Waals surface area contributed by atoms with E-state index < -0.39 is 0 Å². The van der Waals surface area contributed by atoms with Crippen molar-refractivity contribution in [2.45, 2.75) is 13.8 Å². The van der Waals surface area contributed by atoms with E-state index in [0.29, 0.717) is 6.54 Å². The third kappa shape index (κ3) is 8.97. The van der Waals surface area contributed by atoms with E-state index in [0.717, 1.165) is 13.1 Å². The molecule has 0 spiro atoms. The predicted octanol–water partition coefficient (Wildman–Crippen LogP) is 1.40. The number of allylic oxidation sites excluding steroid dienone is 3. The van der Waals surface area contributed by atoms with E-state index in [1.807, 2.05) is 25.2 Å². The van der Waals surface area contributed by atoms with Crippen molar-refractivity contribution in [2.75, 3.05) is 19.6 Å².